The Kier molecular flexibility index (Phi) is 5.28. The van der Waals surface area contributed by atoms with E-state index in [1.165, 1.54) is 16.2 Å². The Balaban J connectivity index is 1.33. The SMILES string of the molecule is CC(C)c1nnc(NC(=O)NCC(c2ccccc2)N2C(=O)C3C4C=CC(C4)C3C2=O)s1. The van der Waals surface area contributed by atoms with Gasteiger partial charge in [0.2, 0.25) is 16.9 Å². The summed E-state index contributed by atoms with van der Waals surface area (Å²) in [5.41, 5.74) is 0.813. The summed E-state index contributed by atoms with van der Waals surface area (Å²) in [6.45, 7) is 4.14. The van der Waals surface area contributed by atoms with Crippen LogP contribution in [0, 0.1) is 23.7 Å². The van der Waals surface area contributed by atoms with Gasteiger partial charge in [-0.05, 0) is 23.8 Å². The molecule has 1 aromatic carbocycles. The van der Waals surface area contributed by atoms with Crippen LogP contribution in [0.3, 0.4) is 0 Å². The van der Waals surface area contributed by atoms with Crippen molar-refractivity contribution in [3.05, 3.63) is 53.1 Å². The van der Waals surface area contributed by atoms with Crippen molar-refractivity contribution >= 4 is 34.3 Å². The summed E-state index contributed by atoms with van der Waals surface area (Å²) in [6, 6.07) is 8.37. The molecule has 1 aromatic heterocycles. The van der Waals surface area contributed by atoms with Crippen molar-refractivity contribution in [1.29, 1.82) is 0 Å². The topological polar surface area (TPSA) is 104 Å². The number of hydrogen-bond acceptors (Lipinski definition) is 6. The van der Waals surface area contributed by atoms with Crippen LogP contribution < -0.4 is 10.6 Å². The van der Waals surface area contributed by atoms with Crippen LogP contribution in [0.2, 0.25) is 0 Å². The maximum atomic E-state index is 13.3. The molecule has 3 aliphatic rings. The third-order valence-corrected chi connectivity index (χ3v) is 7.75. The number of urea groups is 1. The monoisotopic (exact) mass is 451 g/mol. The van der Waals surface area contributed by atoms with E-state index in [9.17, 15) is 14.4 Å². The van der Waals surface area contributed by atoms with Crippen molar-refractivity contribution in [3.63, 3.8) is 0 Å². The number of benzene rings is 1. The van der Waals surface area contributed by atoms with Crippen LogP contribution in [0.25, 0.3) is 0 Å². The molecule has 1 saturated heterocycles. The Morgan fingerprint density at radius 1 is 1.09 bits per heavy atom. The third kappa shape index (κ3) is 3.50. The van der Waals surface area contributed by atoms with Gasteiger partial charge in [-0.15, -0.1) is 10.2 Å². The number of amides is 4. The minimum Gasteiger partial charge on any atom is -0.335 e. The summed E-state index contributed by atoms with van der Waals surface area (Å²) in [6.07, 6.45) is 5.05. The number of nitrogens with zero attached hydrogens (tertiary/aromatic N) is 3. The summed E-state index contributed by atoms with van der Waals surface area (Å²) in [7, 11) is 0. The van der Waals surface area contributed by atoms with Gasteiger partial charge in [0, 0.05) is 12.5 Å². The molecule has 2 N–H and O–H groups in total. The second-order valence-corrected chi connectivity index (χ2v) is 9.92. The van der Waals surface area contributed by atoms with Gasteiger partial charge in [-0.2, -0.15) is 0 Å². The average Bonchev–Trinajstić information content (AvgIpc) is 3.55. The Bertz CT molecular complexity index is 1050. The van der Waals surface area contributed by atoms with Crippen LogP contribution in [0.4, 0.5) is 9.93 Å². The van der Waals surface area contributed by atoms with Crippen LogP contribution in [-0.2, 0) is 9.59 Å². The number of allylic oxidation sites excluding steroid dienone is 2. The van der Waals surface area contributed by atoms with E-state index in [-0.39, 0.29) is 47.9 Å². The first-order valence-corrected chi connectivity index (χ1v) is 11.7. The molecular weight excluding hydrogens is 426 g/mol. The van der Waals surface area contributed by atoms with Crippen LogP contribution in [0.1, 0.15) is 42.8 Å². The molecule has 4 amide bonds. The standard InChI is InChI=1S/C23H25N5O3S/c1-12(2)19-26-27-23(32-19)25-22(31)24-11-16(13-6-4-3-5-7-13)28-20(29)17-14-8-9-15(10-14)18(17)21(28)30/h3-9,12,14-18H,10-11H2,1-2H3,(H2,24,25,27,31). The van der Waals surface area contributed by atoms with Gasteiger partial charge in [0.15, 0.2) is 0 Å². The number of imide groups is 1. The maximum Gasteiger partial charge on any atom is 0.321 e. The van der Waals surface area contributed by atoms with E-state index < -0.39 is 12.1 Å². The molecule has 8 nitrogen and oxygen atoms in total. The van der Waals surface area contributed by atoms with Gasteiger partial charge >= 0.3 is 6.03 Å². The van der Waals surface area contributed by atoms with E-state index in [1.807, 2.05) is 44.2 Å². The molecule has 5 unspecified atom stereocenters. The number of rotatable bonds is 6. The number of fused-ring (bicyclic) bond motifs is 5. The fourth-order valence-corrected chi connectivity index (χ4v) is 5.86. The van der Waals surface area contributed by atoms with Crippen LogP contribution in [0.15, 0.2) is 42.5 Å². The summed E-state index contributed by atoms with van der Waals surface area (Å²) in [5, 5.41) is 14.8. The van der Waals surface area contributed by atoms with Gasteiger partial charge in [-0.1, -0.05) is 67.7 Å². The molecule has 5 rings (SSSR count). The van der Waals surface area contributed by atoms with Crippen molar-refractivity contribution < 1.29 is 14.4 Å². The minimum atomic E-state index is -0.562. The fourth-order valence-electron chi connectivity index (χ4n) is 5.12. The first kappa shape index (κ1) is 20.8. The van der Waals surface area contributed by atoms with E-state index >= 15 is 0 Å². The van der Waals surface area contributed by atoms with Crippen molar-refractivity contribution in [1.82, 2.24) is 20.4 Å². The van der Waals surface area contributed by atoms with Crippen molar-refractivity contribution in [3.8, 4) is 0 Å². The molecule has 9 heteroatoms. The first-order chi connectivity index (χ1) is 15.4. The Labute approximate surface area is 190 Å². The first-order valence-electron chi connectivity index (χ1n) is 10.9. The van der Waals surface area contributed by atoms with E-state index in [1.54, 1.807) is 0 Å². The molecule has 2 heterocycles. The fraction of sp³-hybridized carbons (Fsp3) is 0.435. The number of nitrogens with one attached hydrogen (secondary N) is 2. The van der Waals surface area contributed by atoms with E-state index in [0.717, 1.165) is 17.0 Å². The molecule has 1 saturated carbocycles. The van der Waals surface area contributed by atoms with E-state index in [4.69, 9.17) is 0 Å². The normalized spacial score (nSPS) is 26.7. The highest BCUT2D eigenvalue weighted by Crippen LogP contribution is 2.53. The number of hydrogen-bond donors (Lipinski definition) is 2. The Morgan fingerprint density at radius 3 is 2.34 bits per heavy atom. The third-order valence-electron chi connectivity index (χ3n) is 6.61. The zero-order valence-corrected chi connectivity index (χ0v) is 18.7. The van der Waals surface area contributed by atoms with Crippen LogP contribution in [-0.4, -0.2) is 39.5 Å². The van der Waals surface area contributed by atoms with Gasteiger partial charge in [-0.3, -0.25) is 19.8 Å². The Morgan fingerprint density at radius 2 is 1.75 bits per heavy atom. The smallest absolute Gasteiger partial charge is 0.321 e. The predicted molar refractivity (Wildman–Crippen MR) is 120 cm³/mol. The highest BCUT2D eigenvalue weighted by molar-refractivity contribution is 7.15. The van der Waals surface area contributed by atoms with Crippen molar-refractivity contribution in [2.24, 2.45) is 23.7 Å². The summed E-state index contributed by atoms with van der Waals surface area (Å²) in [5.74, 6) is -0.276. The number of carbonyl (C=O) groups excluding carboxylic acids is 3. The summed E-state index contributed by atoms with van der Waals surface area (Å²) >= 11 is 1.32. The molecule has 1 aliphatic heterocycles. The molecular formula is C23H25N5O3S. The van der Waals surface area contributed by atoms with Crippen LogP contribution in [0.5, 0.6) is 0 Å². The van der Waals surface area contributed by atoms with E-state index in [0.29, 0.717) is 5.13 Å². The molecule has 0 radical (unpaired) electrons. The Hall–Kier alpha value is -3.07. The highest BCUT2D eigenvalue weighted by atomic mass is 32.1. The largest absolute Gasteiger partial charge is 0.335 e. The molecule has 166 valence electrons. The summed E-state index contributed by atoms with van der Waals surface area (Å²) < 4.78 is 0. The highest BCUT2D eigenvalue weighted by Gasteiger charge is 2.60. The van der Waals surface area contributed by atoms with Gasteiger partial charge < -0.3 is 5.32 Å². The number of likely N-dealkylation sites (tertiary alicyclic amines) is 1. The predicted octanol–water partition coefficient (Wildman–Crippen LogP) is 3.33. The lowest BCUT2D eigenvalue weighted by atomic mass is 9.85. The molecule has 32 heavy (non-hydrogen) atoms. The maximum absolute atomic E-state index is 13.3. The van der Waals surface area contributed by atoms with Crippen molar-refractivity contribution in [2.45, 2.75) is 32.2 Å². The summed E-state index contributed by atoms with van der Waals surface area (Å²) in [4.78, 5) is 40.6. The second-order valence-electron chi connectivity index (χ2n) is 8.91. The molecule has 2 aromatic rings. The zero-order valence-electron chi connectivity index (χ0n) is 17.9. The minimum absolute atomic E-state index is 0.116. The second kappa shape index (κ2) is 8.12. The van der Waals surface area contributed by atoms with Gasteiger partial charge in [-0.25, -0.2) is 4.79 Å². The lowest BCUT2D eigenvalue weighted by Gasteiger charge is -2.28. The molecule has 2 fully saturated rings. The molecule has 2 bridgehead atoms. The average molecular weight is 452 g/mol. The molecule has 0 spiro atoms. The van der Waals surface area contributed by atoms with Gasteiger partial charge in [0.05, 0.1) is 17.9 Å². The molecule has 2 aliphatic carbocycles. The number of aromatic nitrogens is 2. The van der Waals surface area contributed by atoms with Gasteiger partial charge in [0.25, 0.3) is 0 Å². The lowest BCUT2D eigenvalue weighted by molar-refractivity contribution is -0.143. The number of anilines is 1. The quantitative estimate of drug-likeness (QED) is 0.518. The number of carbonyl (C=O) groups is 3. The van der Waals surface area contributed by atoms with Crippen molar-refractivity contribution in [2.75, 3.05) is 11.9 Å². The zero-order chi connectivity index (χ0) is 22.4. The van der Waals surface area contributed by atoms with Crippen LogP contribution >= 0.6 is 11.3 Å². The molecule has 5 atom stereocenters. The van der Waals surface area contributed by atoms with Gasteiger partial charge in [0.1, 0.15) is 5.01 Å². The lowest BCUT2D eigenvalue weighted by Crippen LogP contribution is -2.43. The van der Waals surface area contributed by atoms with E-state index in [2.05, 4.69) is 33.0 Å².